The van der Waals surface area contributed by atoms with Crippen LogP contribution in [0.5, 0.6) is 5.88 Å². The van der Waals surface area contributed by atoms with E-state index in [1.807, 2.05) is 27.7 Å². The Morgan fingerprint density at radius 1 is 1.59 bits per heavy atom. The number of hydrogen-bond acceptors (Lipinski definition) is 4. The predicted molar refractivity (Wildman–Crippen MR) is 67.3 cm³/mol. The van der Waals surface area contributed by atoms with Crippen molar-refractivity contribution in [2.45, 2.75) is 45.7 Å². The first kappa shape index (κ1) is 13.7. The molecule has 1 heterocycles. The zero-order valence-electron chi connectivity index (χ0n) is 10.9. The van der Waals surface area contributed by atoms with E-state index in [2.05, 4.69) is 4.98 Å². The molecule has 0 bridgehead atoms. The predicted octanol–water partition coefficient (Wildman–Crippen LogP) is 1.33. The van der Waals surface area contributed by atoms with Gasteiger partial charge in [0.1, 0.15) is 6.61 Å². The Labute approximate surface area is 102 Å². The summed E-state index contributed by atoms with van der Waals surface area (Å²) in [5.74, 6) is 0.117. The lowest BCUT2D eigenvalue weighted by molar-refractivity contribution is 0.214. The van der Waals surface area contributed by atoms with Crippen LogP contribution in [0.25, 0.3) is 0 Å². The molecule has 0 aliphatic heterocycles. The molecule has 0 aromatic carbocycles. The average Bonchev–Trinajstić information content (AvgIpc) is 2.27. The van der Waals surface area contributed by atoms with Crippen LogP contribution in [-0.4, -0.2) is 21.7 Å². The molecule has 0 radical (unpaired) electrons. The first-order chi connectivity index (χ1) is 7.87. The minimum absolute atomic E-state index is 0.0864. The molecule has 96 valence electrons. The largest absolute Gasteiger partial charge is 0.472 e. The molecule has 1 aromatic heterocycles. The number of hydrogen-bond donors (Lipinski definition) is 1. The summed E-state index contributed by atoms with van der Waals surface area (Å²) in [6, 6.07) is 0.0864. The highest BCUT2D eigenvalue weighted by Gasteiger charge is 2.18. The van der Waals surface area contributed by atoms with E-state index in [0.29, 0.717) is 0 Å². The SMILES string of the molecule is CCC(C)(N)COc1nccn(C(C)C)c1=O. The van der Waals surface area contributed by atoms with E-state index in [0.717, 1.165) is 6.42 Å². The normalized spacial score (nSPS) is 14.7. The average molecular weight is 239 g/mol. The molecule has 0 amide bonds. The van der Waals surface area contributed by atoms with Gasteiger partial charge >= 0.3 is 5.56 Å². The molecule has 2 N–H and O–H groups in total. The molecule has 1 atom stereocenters. The molecule has 1 unspecified atom stereocenters. The molecule has 0 aliphatic carbocycles. The topological polar surface area (TPSA) is 70.1 Å². The van der Waals surface area contributed by atoms with Crippen molar-refractivity contribution in [1.82, 2.24) is 9.55 Å². The third-order valence-electron chi connectivity index (χ3n) is 2.74. The number of nitrogens with two attached hydrogens (primary N) is 1. The lowest BCUT2D eigenvalue weighted by atomic mass is 10.0. The summed E-state index contributed by atoms with van der Waals surface area (Å²) in [7, 11) is 0. The van der Waals surface area contributed by atoms with Gasteiger partial charge in [0, 0.05) is 24.0 Å². The first-order valence-corrected chi connectivity index (χ1v) is 5.86. The Morgan fingerprint density at radius 3 is 2.76 bits per heavy atom. The van der Waals surface area contributed by atoms with Crippen molar-refractivity contribution in [2.24, 2.45) is 5.73 Å². The fourth-order valence-electron chi connectivity index (χ4n) is 1.25. The molecule has 17 heavy (non-hydrogen) atoms. The van der Waals surface area contributed by atoms with Crippen LogP contribution >= 0.6 is 0 Å². The summed E-state index contributed by atoms with van der Waals surface area (Å²) in [4.78, 5) is 15.9. The van der Waals surface area contributed by atoms with Crippen molar-refractivity contribution >= 4 is 0 Å². The van der Waals surface area contributed by atoms with Crippen molar-refractivity contribution in [2.75, 3.05) is 6.61 Å². The van der Waals surface area contributed by atoms with Crippen LogP contribution in [0.4, 0.5) is 0 Å². The van der Waals surface area contributed by atoms with Crippen LogP contribution in [0, 0.1) is 0 Å². The van der Waals surface area contributed by atoms with Crippen LogP contribution in [0.3, 0.4) is 0 Å². The molecule has 0 aliphatic rings. The zero-order valence-corrected chi connectivity index (χ0v) is 10.9. The van der Waals surface area contributed by atoms with E-state index >= 15 is 0 Å². The molecule has 0 fully saturated rings. The molecular weight excluding hydrogens is 218 g/mol. The van der Waals surface area contributed by atoms with Gasteiger partial charge in [-0.25, -0.2) is 4.98 Å². The number of rotatable bonds is 5. The summed E-state index contributed by atoms with van der Waals surface area (Å²) in [5, 5.41) is 0. The maximum Gasteiger partial charge on any atom is 0.313 e. The smallest absolute Gasteiger partial charge is 0.313 e. The summed E-state index contributed by atoms with van der Waals surface area (Å²) in [6.07, 6.45) is 4.00. The van der Waals surface area contributed by atoms with Gasteiger partial charge in [0.25, 0.3) is 5.88 Å². The minimum Gasteiger partial charge on any atom is -0.472 e. The Balaban J connectivity index is 2.86. The van der Waals surface area contributed by atoms with Gasteiger partial charge in [-0.05, 0) is 27.2 Å². The van der Waals surface area contributed by atoms with Gasteiger partial charge in [-0.15, -0.1) is 0 Å². The summed E-state index contributed by atoms with van der Waals surface area (Å²) < 4.78 is 7.00. The van der Waals surface area contributed by atoms with E-state index in [-0.39, 0.29) is 24.1 Å². The summed E-state index contributed by atoms with van der Waals surface area (Å²) >= 11 is 0. The molecule has 5 heteroatoms. The highest BCUT2D eigenvalue weighted by Crippen LogP contribution is 2.08. The van der Waals surface area contributed by atoms with E-state index in [4.69, 9.17) is 10.5 Å². The molecule has 1 rings (SSSR count). The van der Waals surface area contributed by atoms with Gasteiger partial charge in [-0.3, -0.25) is 4.79 Å². The molecular formula is C12H21N3O2. The molecule has 5 nitrogen and oxygen atoms in total. The fraction of sp³-hybridized carbons (Fsp3) is 0.667. The summed E-state index contributed by atoms with van der Waals surface area (Å²) in [5.41, 5.74) is 5.30. The second-order valence-corrected chi connectivity index (χ2v) is 4.83. The number of nitrogens with zero attached hydrogens (tertiary/aromatic N) is 2. The third kappa shape index (κ3) is 3.56. The maximum absolute atomic E-state index is 12.0. The molecule has 0 spiro atoms. The first-order valence-electron chi connectivity index (χ1n) is 5.86. The van der Waals surface area contributed by atoms with Gasteiger partial charge in [0.2, 0.25) is 0 Å². The van der Waals surface area contributed by atoms with Crippen molar-refractivity contribution in [3.05, 3.63) is 22.7 Å². The lowest BCUT2D eigenvalue weighted by Gasteiger charge is -2.22. The van der Waals surface area contributed by atoms with E-state index in [1.165, 1.54) is 0 Å². The third-order valence-corrected chi connectivity index (χ3v) is 2.74. The zero-order chi connectivity index (χ0) is 13.1. The highest BCUT2D eigenvalue weighted by molar-refractivity contribution is 5.05. The Morgan fingerprint density at radius 2 is 2.24 bits per heavy atom. The monoisotopic (exact) mass is 239 g/mol. The van der Waals surface area contributed by atoms with Crippen molar-refractivity contribution in [1.29, 1.82) is 0 Å². The van der Waals surface area contributed by atoms with Gasteiger partial charge in [0.05, 0.1) is 0 Å². The molecule has 0 saturated heterocycles. The van der Waals surface area contributed by atoms with Crippen LogP contribution < -0.4 is 16.0 Å². The fourth-order valence-corrected chi connectivity index (χ4v) is 1.25. The van der Waals surface area contributed by atoms with Crippen molar-refractivity contribution in [3.63, 3.8) is 0 Å². The Hall–Kier alpha value is -1.36. The second-order valence-electron chi connectivity index (χ2n) is 4.83. The molecule has 1 aromatic rings. The van der Waals surface area contributed by atoms with Crippen molar-refractivity contribution in [3.8, 4) is 5.88 Å². The quantitative estimate of drug-likeness (QED) is 0.841. The van der Waals surface area contributed by atoms with E-state index in [1.54, 1.807) is 17.0 Å². The van der Waals surface area contributed by atoms with Gasteiger partial charge in [-0.1, -0.05) is 6.92 Å². The second kappa shape index (κ2) is 5.31. The van der Waals surface area contributed by atoms with Crippen LogP contribution in [-0.2, 0) is 0 Å². The minimum atomic E-state index is -0.438. The Bertz CT molecular complexity index is 424. The lowest BCUT2D eigenvalue weighted by Crippen LogP contribution is -2.42. The van der Waals surface area contributed by atoms with Gasteiger partial charge < -0.3 is 15.0 Å². The van der Waals surface area contributed by atoms with E-state index < -0.39 is 5.54 Å². The summed E-state index contributed by atoms with van der Waals surface area (Å²) in [6.45, 7) is 8.02. The number of aromatic nitrogens is 2. The van der Waals surface area contributed by atoms with Gasteiger partial charge in [0.15, 0.2) is 0 Å². The van der Waals surface area contributed by atoms with Gasteiger partial charge in [-0.2, -0.15) is 0 Å². The van der Waals surface area contributed by atoms with Crippen LogP contribution in [0.2, 0.25) is 0 Å². The standard InChI is InChI=1S/C12H21N3O2/c1-5-12(4,13)8-17-10-11(16)15(9(2)3)7-6-14-10/h6-7,9H,5,8,13H2,1-4H3. The number of ether oxygens (including phenoxy) is 1. The maximum atomic E-state index is 12.0. The highest BCUT2D eigenvalue weighted by atomic mass is 16.5. The van der Waals surface area contributed by atoms with Crippen LogP contribution in [0.15, 0.2) is 17.2 Å². The van der Waals surface area contributed by atoms with Crippen LogP contribution in [0.1, 0.15) is 40.2 Å². The van der Waals surface area contributed by atoms with Crippen molar-refractivity contribution < 1.29 is 4.74 Å². The van der Waals surface area contributed by atoms with E-state index in [9.17, 15) is 4.79 Å². The molecule has 0 saturated carbocycles. The Kier molecular flexibility index (Phi) is 4.28.